The van der Waals surface area contributed by atoms with Crippen molar-refractivity contribution in [2.75, 3.05) is 6.54 Å². The van der Waals surface area contributed by atoms with Gasteiger partial charge in [0.1, 0.15) is 0 Å². The topological polar surface area (TPSA) is 29.9 Å². The van der Waals surface area contributed by atoms with Crippen LogP contribution in [0.1, 0.15) is 31.5 Å². The average molecular weight is 292 g/mol. The first-order valence-corrected chi connectivity index (χ1v) is 7.57. The SMILES string of the molecule is CCCNCc1cc(-c2cnn(CC)c2C)ccc1Cl. The van der Waals surface area contributed by atoms with E-state index in [2.05, 4.69) is 43.3 Å². The molecule has 0 saturated carbocycles. The Morgan fingerprint density at radius 2 is 2.10 bits per heavy atom. The van der Waals surface area contributed by atoms with Gasteiger partial charge < -0.3 is 5.32 Å². The van der Waals surface area contributed by atoms with E-state index in [4.69, 9.17) is 11.6 Å². The highest BCUT2D eigenvalue weighted by Crippen LogP contribution is 2.27. The zero-order valence-electron chi connectivity index (χ0n) is 12.4. The van der Waals surface area contributed by atoms with Crippen LogP contribution in [0.15, 0.2) is 24.4 Å². The van der Waals surface area contributed by atoms with Crippen molar-refractivity contribution in [1.82, 2.24) is 15.1 Å². The summed E-state index contributed by atoms with van der Waals surface area (Å²) < 4.78 is 2.01. The van der Waals surface area contributed by atoms with Crippen LogP contribution in [0.5, 0.6) is 0 Å². The van der Waals surface area contributed by atoms with Crippen LogP contribution in [-0.4, -0.2) is 16.3 Å². The lowest BCUT2D eigenvalue weighted by Gasteiger charge is -2.09. The number of aromatic nitrogens is 2. The Balaban J connectivity index is 2.28. The molecule has 0 aliphatic heterocycles. The van der Waals surface area contributed by atoms with Gasteiger partial charge in [0.05, 0.1) is 6.20 Å². The molecule has 0 aliphatic rings. The number of aryl methyl sites for hydroxylation is 1. The van der Waals surface area contributed by atoms with Crippen molar-refractivity contribution in [2.24, 2.45) is 0 Å². The molecule has 108 valence electrons. The zero-order chi connectivity index (χ0) is 14.5. The van der Waals surface area contributed by atoms with Crippen molar-refractivity contribution in [2.45, 2.75) is 40.3 Å². The molecule has 3 nitrogen and oxygen atoms in total. The molecule has 0 radical (unpaired) electrons. The van der Waals surface area contributed by atoms with Gasteiger partial charge in [-0.3, -0.25) is 4.68 Å². The maximum Gasteiger partial charge on any atom is 0.0571 e. The van der Waals surface area contributed by atoms with Crippen LogP contribution in [-0.2, 0) is 13.1 Å². The summed E-state index contributed by atoms with van der Waals surface area (Å²) in [4.78, 5) is 0. The smallest absolute Gasteiger partial charge is 0.0571 e. The molecule has 0 saturated heterocycles. The molecule has 2 aromatic rings. The largest absolute Gasteiger partial charge is 0.313 e. The highest BCUT2D eigenvalue weighted by Gasteiger charge is 2.09. The maximum absolute atomic E-state index is 6.27. The molecule has 0 bridgehead atoms. The lowest BCUT2D eigenvalue weighted by Crippen LogP contribution is -2.14. The summed E-state index contributed by atoms with van der Waals surface area (Å²) in [6.45, 7) is 9.08. The van der Waals surface area contributed by atoms with Gasteiger partial charge in [-0.15, -0.1) is 0 Å². The van der Waals surface area contributed by atoms with E-state index in [0.29, 0.717) is 0 Å². The summed E-state index contributed by atoms with van der Waals surface area (Å²) in [6.07, 6.45) is 3.06. The van der Waals surface area contributed by atoms with Crippen LogP contribution < -0.4 is 5.32 Å². The molecule has 0 atom stereocenters. The van der Waals surface area contributed by atoms with E-state index in [1.54, 1.807) is 0 Å². The molecule has 1 heterocycles. The molecule has 0 amide bonds. The van der Waals surface area contributed by atoms with Crippen LogP contribution in [0.4, 0.5) is 0 Å². The molecule has 0 unspecified atom stereocenters. The first kappa shape index (κ1) is 15.1. The molecule has 0 spiro atoms. The van der Waals surface area contributed by atoms with Crippen LogP contribution >= 0.6 is 11.6 Å². The predicted molar refractivity (Wildman–Crippen MR) is 85.1 cm³/mol. The molecule has 20 heavy (non-hydrogen) atoms. The summed E-state index contributed by atoms with van der Waals surface area (Å²) in [5, 5.41) is 8.62. The number of nitrogens with one attached hydrogen (secondary N) is 1. The van der Waals surface area contributed by atoms with Gasteiger partial charge >= 0.3 is 0 Å². The lowest BCUT2D eigenvalue weighted by molar-refractivity contribution is 0.640. The van der Waals surface area contributed by atoms with Crippen LogP contribution in [0.2, 0.25) is 5.02 Å². The highest BCUT2D eigenvalue weighted by atomic mass is 35.5. The zero-order valence-corrected chi connectivity index (χ0v) is 13.2. The third-order valence-corrected chi connectivity index (χ3v) is 3.87. The minimum atomic E-state index is 0.807. The Morgan fingerprint density at radius 1 is 1.30 bits per heavy atom. The van der Waals surface area contributed by atoms with Crippen LogP contribution in [0.3, 0.4) is 0 Å². The predicted octanol–water partition coefficient (Wildman–Crippen LogP) is 4.03. The van der Waals surface area contributed by atoms with E-state index >= 15 is 0 Å². The average Bonchev–Trinajstić information content (AvgIpc) is 2.82. The summed E-state index contributed by atoms with van der Waals surface area (Å²) >= 11 is 6.27. The second kappa shape index (κ2) is 6.91. The fraction of sp³-hybridized carbons (Fsp3) is 0.438. The van der Waals surface area contributed by atoms with E-state index in [-0.39, 0.29) is 0 Å². The number of hydrogen-bond donors (Lipinski definition) is 1. The van der Waals surface area contributed by atoms with E-state index in [1.165, 1.54) is 16.8 Å². The summed E-state index contributed by atoms with van der Waals surface area (Å²) in [7, 11) is 0. The van der Waals surface area contributed by atoms with Crippen molar-refractivity contribution in [3.8, 4) is 11.1 Å². The second-order valence-electron chi connectivity index (χ2n) is 4.94. The van der Waals surface area contributed by atoms with Crippen LogP contribution in [0, 0.1) is 6.92 Å². The monoisotopic (exact) mass is 291 g/mol. The number of rotatable bonds is 6. The Labute approximate surface area is 126 Å². The van der Waals surface area contributed by atoms with Gasteiger partial charge in [-0.1, -0.05) is 24.6 Å². The first-order valence-electron chi connectivity index (χ1n) is 7.19. The van der Waals surface area contributed by atoms with Gasteiger partial charge in [-0.2, -0.15) is 5.10 Å². The molecule has 1 N–H and O–H groups in total. The van der Waals surface area contributed by atoms with Crippen molar-refractivity contribution in [3.63, 3.8) is 0 Å². The number of benzene rings is 1. The molecule has 1 aromatic carbocycles. The van der Waals surface area contributed by atoms with E-state index in [9.17, 15) is 0 Å². The molecular weight excluding hydrogens is 270 g/mol. The summed E-state index contributed by atoms with van der Waals surface area (Å²) in [5.41, 5.74) is 4.70. The van der Waals surface area contributed by atoms with Crippen molar-refractivity contribution >= 4 is 11.6 Å². The molecular formula is C16H22ClN3. The van der Waals surface area contributed by atoms with Gasteiger partial charge in [-0.25, -0.2) is 0 Å². The van der Waals surface area contributed by atoms with Gasteiger partial charge in [0, 0.05) is 29.4 Å². The van der Waals surface area contributed by atoms with Crippen molar-refractivity contribution < 1.29 is 0 Å². The molecule has 2 rings (SSSR count). The van der Waals surface area contributed by atoms with Crippen molar-refractivity contribution in [3.05, 3.63) is 40.7 Å². The Kier molecular flexibility index (Phi) is 5.21. The molecule has 0 fully saturated rings. The second-order valence-corrected chi connectivity index (χ2v) is 5.35. The molecule has 4 heteroatoms. The van der Waals surface area contributed by atoms with E-state index in [1.807, 2.05) is 16.9 Å². The summed E-state index contributed by atoms with van der Waals surface area (Å²) in [6, 6.07) is 6.20. The first-order chi connectivity index (χ1) is 9.67. The number of nitrogens with zero attached hydrogens (tertiary/aromatic N) is 2. The van der Waals surface area contributed by atoms with Crippen LogP contribution in [0.25, 0.3) is 11.1 Å². The van der Waals surface area contributed by atoms with Crippen molar-refractivity contribution in [1.29, 1.82) is 0 Å². The number of halogens is 1. The number of hydrogen-bond acceptors (Lipinski definition) is 2. The highest BCUT2D eigenvalue weighted by molar-refractivity contribution is 6.31. The Bertz CT molecular complexity index is 575. The minimum Gasteiger partial charge on any atom is -0.313 e. The van der Waals surface area contributed by atoms with Gasteiger partial charge in [0.25, 0.3) is 0 Å². The normalized spacial score (nSPS) is 11.0. The fourth-order valence-electron chi connectivity index (χ4n) is 2.33. The van der Waals surface area contributed by atoms with Gasteiger partial charge in [0.2, 0.25) is 0 Å². The molecule has 0 aliphatic carbocycles. The standard InChI is InChI=1S/C16H22ClN3/c1-4-8-18-10-14-9-13(6-7-16(14)17)15-11-19-20(5-2)12(15)3/h6-7,9,11,18H,4-5,8,10H2,1-3H3. The molecule has 1 aromatic heterocycles. The lowest BCUT2D eigenvalue weighted by atomic mass is 10.0. The maximum atomic E-state index is 6.27. The van der Waals surface area contributed by atoms with Gasteiger partial charge in [-0.05, 0) is 50.1 Å². The Morgan fingerprint density at radius 3 is 2.75 bits per heavy atom. The van der Waals surface area contributed by atoms with Gasteiger partial charge in [0.15, 0.2) is 0 Å². The summed E-state index contributed by atoms with van der Waals surface area (Å²) in [5.74, 6) is 0. The minimum absolute atomic E-state index is 0.807. The Hall–Kier alpha value is -1.32. The van der Waals surface area contributed by atoms with E-state index < -0.39 is 0 Å². The quantitative estimate of drug-likeness (QED) is 0.814. The third-order valence-electron chi connectivity index (χ3n) is 3.50. The fourth-order valence-corrected chi connectivity index (χ4v) is 2.51. The van der Waals surface area contributed by atoms with E-state index in [0.717, 1.165) is 36.6 Å². The third kappa shape index (κ3) is 3.22.